The van der Waals surface area contributed by atoms with E-state index >= 15 is 0 Å². The second kappa shape index (κ2) is 9.65. The minimum absolute atomic E-state index is 0.0111. The highest BCUT2D eigenvalue weighted by Gasteiger charge is 2.44. The molecule has 1 heterocycles. The predicted octanol–water partition coefficient (Wildman–Crippen LogP) is 1.33. The number of carboxylic acid groups (broad SMARTS) is 1. The maximum absolute atomic E-state index is 13.4. The maximum Gasteiger partial charge on any atom is 0.303 e. The molecule has 1 atom stereocenters. The van der Waals surface area contributed by atoms with Gasteiger partial charge < -0.3 is 10.0 Å². The number of likely N-dealkylation sites (tertiary alicyclic amines) is 1. The van der Waals surface area contributed by atoms with Gasteiger partial charge in [0.05, 0.1) is 13.7 Å². The summed E-state index contributed by atoms with van der Waals surface area (Å²) >= 11 is 1.31. The van der Waals surface area contributed by atoms with Crippen LogP contribution < -0.4 is 0 Å². The highest BCUT2D eigenvalue weighted by atomic mass is 32.2. The minimum Gasteiger partial charge on any atom is -0.481 e. The summed E-state index contributed by atoms with van der Waals surface area (Å²) in [5.41, 5.74) is 0.638. The maximum atomic E-state index is 13.4. The Bertz CT molecular complexity index is 787. The molecule has 152 valence electrons. The average molecular weight is 412 g/mol. The topological polar surface area (TPSA) is 104 Å². The molecule has 1 N–H and O–H groups in total. The third-order valence-corrected chi connectivity index (χ3v) is 5.18. The molecule has 2 amide bonds. The fraction of sp³-hybridized carbons (Fsp3) is 0.444. The normalized spacial score (nSPS) is 16.5. The first kappa shape index (κ1) is 21.8. The van der Waals surface area contributed by atoms with Gasteiger partial charge in [-0.15, -0.1) is 11.8 Å². The molecule has 0 aromatic heterocycles. The lowest BCUT2D eigenvalue weighted by Gasteiger charge is -2.23. The number of carbonyl (C=O) groups excluding carboxylic acids is 3. The summed E-state index contributed by atoms with van der Waals surface area (Å²) in [5.74, 6) is -4.93. The van der Waals surface area contributed by atoms with Gasteiger partial charge in [-0.1, -0.05) is 6.07 Å². The van der Waals surface area contributed by atoms with Gasteiger partial charge in [0, 0.05) is 24.4 Å². The summed E-state index contributed by atoms with van der Waals surface area (Å²) in [7, 11) is 1.27. The number of halogens is 1. The number of amides is 2. The lowest BCUT2D eigenvalue weighted by molar-refractivity contribution is -0.184. The number of Topliss-reactive ketones (excluding diaryl/α,β-unsaturated/α-hetero) is 1. The van der Waals surface area contributed by atoms with Gasteiger partial charge in [-0.3, -0.25) is 24.0 Å². The van der Waals surface area contributed by atoms with Gasteiger partial charge in [-0.05, 0) is 30.4 Å². The zero-order valence-corrected chi connectivity index (χ0v) is 16.3. The van der Waals surface area contributed by atoms with Crippen LogP contribution in [0.4, 0.5) is 4.39 Å². The molecule has 1 aliphatic rings. The van der Waals surface area contributed by atoms with Crippen LogP contribution in [-0.2, 0) is 30.6 Å². The van der Waals surface area contributed by atoms with Crippen molar-refractivity contribution in [1.82, 2.24) is 9.96 Å². The van der Waals surface area contributed by atoms with Crippen LogP contribution in [0, 0.1) is 11.7 Å². The van der Waals surface area contributed by atoms with Crippen molar-refractivity contribution < 1.29 is 33.5 Å². The number of carboxylic acids is 1. The number of hydrogen-bond donors (Lipinski definition) is 1. The minimum atomic E-state index is -1.21. The van der Waals surface area contributed by atoms with Gasteiger partial charge in [0.2, 0.25) is 5.78 Å². The lowest BCUT2D eigenvalue weighted by atomic mass is 10.1. The van der Waals surface area contributed by atoms with E-state index in [1.54, 1.807) is 6.26 Å². The summed E-state index contributed by atoms with van der Waals surface area (Å²) in [4.78, 5) is 54.6. The monoisotopic (exact) mass is 412 g/mol. The Morgan fingerprint density at radius 3 is 2.71 bits per heavy atom. The van der Waals surface area contributed by atoms with Gasteiger partial charge in [-0.2, -0.15) is 0 Å². The summed E-state index contributed by atoms with van der Waals surface area (Å²) in [5, 5.41) is 9.65. The summed E-state index contributed by atoms with van der Waals surface area (Å²) in [6, 6.07) is 4.13. The number of hydrogen-bond acceptors (Lipinski definition) is 6. The molecule has 0 saturated carbocycles. The molecule has 10 heteroatoms. The van der Waals surface area contributed by atoms with E-state index < -0.39 is 35.3 Å². The number of hydroxylamine groups is 2. The Labute approximate surface area is 165 Å². The van der Waals surface area contributed by atoms with Crippen molar-refractivity contribution in [3.63, 3.8) is 0 Å². The number of carbonyl (C=O) groups is 4. The second-order valence-corrected chi connectivity index (χ2v) is 7.03. The number of aliphatic carboxylic acids is 1. The molecule has 0 bridgehead atoms. The van der Waals surface area contributed by atoms with Crippen LogP contribution in [-0.4, -0.2) is 65.1 Å². The summed E-state index contributed by atoms with van der Waals surface area (Å²) < 4.78 is 13.4. The Balaban J connectivity index is 2.09. The lowest BCUT2D eigenvalue weighted by Crippen LogP contribution is -2.38. The smallest absolute Gasteiger partial charge is 0.303 e. The summed E-state index contributed by atoms with van der Waals surface area (Å²) in [6.07, 6.45) is 1.82. The van der Waals surface area contributed by atoms with Crippen molar-refractivity contribution >= 4 is 35.3 Å². The first-order valence-electron chi connectivity index (χ1n) is 8.51. The van der Waals surface area contributed by atoms with Gasteiger partial charge in [0.15, 0.2) is 0 Å². The van der Waals surface area contributed by atoms with Crippen LogP contribution in [0.5, 0.6) is 0 Å². The zero-order chi connectivity index (χ0) is 20.8. The standard InChI is InChI=1S/C18H21FN2O6S/c1-27-21(9-11-5-6-12(19)8-14(11)28-2)17(25)13-10-20(18(26)16(13)24)7-3-4-15(22)23/h5-6,8,13H,3-4,7,9-10H2,1-2H3,(H,22,23). The second-order valence-electron chi connectivity index (χ2n) is 6.18. The molecule has 0 radical (unpaired) electrons. The zero-order valence-electron chi connectivity index (χ0n) is 15.5. The Kier molecular flexibility index (Phi) is 7.53. The van der Waals surface area contributed by atoms with Crippen molar-refractivity contribution in [2.24, 2.45) is 5.92 Å². The van der Waals surface area contributed by atoms with Gasteiger partial charge in [0.1, 0.15) is 11.7 Å². The molecule has 1 saturated heterocycles. The van der Waals surface area contributed by atoms with E-state index in [0.717, 1.165) is 5.06 Å². The van der Waals surface area contributed by atoms with Crippen LogP contribution in [0.25, 0.3) is 0 Å². The first-order valence-corrected chi connectivity index (χ1v) is 9.73. The van der Waals surface area contributed by atoms with Crippen molar-refractivity contribution in [1.29, 1.82) is 0 Å². The molecule has 1 aromatic rings. The van der Waals surface area contributed by atoms with E-state index in [-0.39, 0.29) is 32.5 Å². The van der Waals surface area contributed by atoms with Crippen molar-refractivity contribution in [2.45, 2.75) is 24.3 Å². The molecular formula is C18H21FN2O6S. The largest absolute Gasteiger partial charge is 0.481 e. The van der Waals surface area contributed by atoms with E-state index in [4.69, 9.17) is 9.94 Å². The van der Waals surface area contributed by atoms with Crippen LogP contribution in [0.3, 0.4) is 0 Å². The van der Waals surface area contributed by atoms with Crippen LogP contribution in [0.15, 0.2) is 23.1 Å². The van der Waals surface area contributed by atoms with Crippen LogP contribution >= 0.6 is 11.8 Å². The molecule has 1 aliphatic heterocycles. The van der Waals surface area contributed by atoms with Crippen molar-refractivity contribution in [3.8, 4) is 0 Å². The Hall–Kier alpha value is -2.46. The fourth-order valence-electron chi connectivity index (χ4n) is 2.91. The predicted molar refractivity (Wildman–Crippen MR) is 97.7 cm³/mol. The highest BCUT2D eigenvalue weighted by molar-refractivity contribution is 7.98. The first-order chi connectivity index (χ1) is 13.3. The number of rotatable bonds is 9. The molecular weight excluding hydrogens is 391 g/mol. The van der Waals surface area contributed by atoms with Crippen LogP contribution in [0.2, 0.25) is 0 Å². The van der Waals surface area contributed by atoms with E-state index in [1.165, 1.54) is 42.0 Å². The SMILES string of the molecule is CON(Cc1ccc(F)cc1SC)C(=O)C1CN(CCCC(=O)O)C(=O)C1=O. The summed E-state index contributed by atoms with van der Waals surface area (Å²) in [6.45, 7) is -0.0419. The van der Waals surface area contributed by atoms with E-state index in [2.05, 4.69) is 0 Å². The quantitative estimate of drug-likeness (QED) is 0.282. The molecule has 1 fully saturated rings. The average Bonchev–Trinajstić information content (AvgIpc) is 2.94. The number of thioether (sulfide) groups is 1. The van der Waals surface area contributed by atoms with E-state index in [9.17, 15) is 23.6 Å². The van der Waals surface area contributed by atoms with Crippen molar-refractivity contribution in [2.75, 3.05) is 26.5 Å². The van der Waals surface area contributed by atoms with Gasteiger partial charge in [0.25, 0.3) is 11.8 Å². The highest BCUT2D eigenvalue weighted by Crippen LogP contribution is 2.25. The molecule has 8 nitrogen and oxygen atoms in total. The van der Waals surface area contributed by atoms with E-state index in [0.29, 0.717) is 10.5 Å². The molecule has 0 spiro atoms. The Morgan fingerprint density at radius 1 is 1.39 bits per heavy atom. The van der Waals surface area contributed by atoms with Crippen molar-refractivity contribution in [3.05, 3.63) is 29.6 Å². The van der Waals surface area contributed by atoms with E-state index in [1.807, 2.05) is 0 Å². The van der Waals surface area contributed by atoms with Crippen LogP contribution in [0.1, 0.15) is 18.4 Å². The molecule has 1 unspecified atom stereocenters. The number of ketones is 1. The molecule has 0 aliphatic carbocycles. The molecule has 1 aromatic carbocycles. The van der Waals surface area contributed by atoms with Gasteiger partial charge >= 0.3 is 5.97 Å². The third-order valence-electron chi connectivity index (χ3n) is 4.36. The number of benzene rings is 1. The fourth-order valence-corrected chi connectivity index (χ4v) is 3.53. The Morgan fingerprint density at radius 2 is 2.11 bits per heavy atom. The molecule has 28 heavy (non-hydrogen) atoms. The van der Waals surface area contributed by atoms with Gasteiger partial charge in [-0.25, -0.2) is 9.45 Å². The third kappa shape index (κ3) is 5.08. The number of nitrogens with zero attached hydrogens (tertiary/aromatic N) is 2. The molecule has 2 rings (SSSR count).